The fraction of sp³-hybridized carbons (Fsp3) is 0.333. The normalized spacial score (nSPS) is 15.3. The Labute approximate surface area is 136 Å². The Bertz CT molecular complexity index is 660. The molecule has 120 valence electrons. The van der Waals surface area contributed by atoms with E-state index in [1.54, 1.807) is 12.3 Å². The van der Waals surface area contributed by atoms with E-state index in [0.717, 1.165) is 38.2 Å². The van der Waals surface area contributed by atoms with Crippen LogP contribution in [0.3, 0.4) is 0 Å². The maximum Gasteiger partial charge on any atom is 0.227 e. The molecule has 1 aliphatic rings. The Hall–Kier alpha value is -2.56. The number of rotatable bonds is 3. The first-order chi connectivity index (χ1) is 11.2. The van der Waals surface area contributed by atoms with Crippen LogP contribution in [0.1, 0.15) is 12.0 Å². The number of anilines is 1. The number of carbonyl (C=O) groups is 1. The van der Waals surface area contributed by atoms with Crippen LogP contribution in [-0.4, -0.2) is 47.1 Å². The average molecular weight is 311 g/mol. The van der Waals surface area contributed by atoms with E-state index in [9.17, 15) is 9.90 Å². The molecule has 5 heteroatoms. The van der Waals surface area contributed by atoms with Crippen molar-refractivity contribution in [2.24, 2.45) is 0 Å². The molecule has 3 rings (SSSR count). The third-order valence-electron chi connectivity index (χ3n) is 4.11. The highest BCUT2D eigenvalue weighted by Gasteiger charge is 2.19. The highest BCUT2D eigenvalue weighted by atomic mass is 16.3. The minimum absolute atomic E-state index is 0.0901. The van der Waals surface area contributed by atoms with E-state index >= 15 is 0 Å². The van der Waals surface area contributed by atoms with Crippen molar-refractivity contribution in [1.29, 1.82) is 0 Å². The van der Waals surface area contributed by atoms with Crippen molar-refractivity contribution in [3.8, 4) is 5.75 Å². The first kappa shape index (κ1) is 15.3. The molecule has 0 spiro atoms. The zero-order chi connectivity index (χ0) is 16.1. The number of hydrogen-bond acceptors (Lipinski definition) is 4. The molecule has 23 heavy (non-hydrogen) atoms. The van der Waals surface area contributed by atoms with Gasteiger partial charge in [-0.15, -0.1) is 0 Å². The molecule has 1 N–H and O–H groups in total. The highest BCUT2D eigenvalue weighted by Crippen LogP contribution is 2.16. The van der Waals surface area contributed by atoms with Gasteiger partial charge in [0.15, 0.2) is 0 Å². The van der Waals surface area contributed by atoms with Crippen molar-refractivity contribution in [1.82, 2.24) is 9.88 Å². The fourth-order valence-corrected chi connectivity index (χ4v) is 2.92. The first-order valence-corrected chi connectivity index (χ1v) is 7.93. The van der Waals surface area contributed by atoms with Crippen LogP contribution in [0, 0.1) is 0 Å². The van der Waals surface area contributed by atoms with E-state index in [-0.39, 0.29) is 18.1 Å². The van der Waals surface area contributed by atoms with E-state index in [4.69, 9.17) is 0 Å². The number of aromatic nitrogens is 1. The predicted octanol–water partition coefficient (Wildman–Crippen LogP) is 2.07. The lowest BCUT2D eigenvalue weighted by atomic mass is 10.2. The largest absolute Gasteiger partial charge is 0.506 e. The van der Waals surface area contributed by atoms with E-state index < -0.39 is 0 Å². The van der Waals surface area contributed by atoms with Crippen molar-refractivity contribution < 1.29 is 9.90 Å². The predicted molar refractivity (Wildman–Crippen MR) is 89.5 cm³/mol. The Morgan fingerprint density at radius 3 is 2.70 bits per heavy atom. The third-order valence-corrected chi connectivity index (χ3v) is 4.11. The lowest BCUT2D eigenvalue weighted by Crippen LogP contribution is -2.36. The van der Waals surface area contributed by atoms with Gasteiger partial charge in [-0.05, 0) is 30.2 Å². The number of aromatic hydroxyl groups is 1. The van der Waals surface area contributed by atoms with Crippen molar-refractivity contribution in [2.75, 3.05) is 31.1 Å². The molecule has 0 unspecified atom stereocenters. The molecule has 0 radical (unpaired) electrons. The smallest absolute Gasteiger partial charge is 0.227 e. The molecule has 5 nitrogen and oxygen atoms in total. The van der Waals surface area contributed by atoms with Crippen LogP contribution in [0.5, 0.6) is 5.75 Å². The second-order valence-corrected chi connectivity index (χ2v) is 5.79. The summed E-state index contributed by atoms with van der Waals surface area (Å²) in [6, 6.07) is 11.9. The molecule has 0 saturated carbocycles. The summed E-state index contributed by atoms with van der Waals surface area (Å²) in [6.07, 6.45) is 4.25. The van der Waals surface area contributed by atoms with Gasteiger partial charge in [-0.25, -0.2) is 0 Å². The third kappa shape index (κ3) is 4.00. The maximum atomic E-state index is 12.5. The van der Waals surface area contributed by atoms with Gasteiger partial charge >= 0.3 is 0 Å². The Morgan fingerprint density at radius 1 is 1.09 bits per heavy atom. The SMILES string of the molecule is O=C(Cc1cncc(O)c1)N1CCCN(c2ccccc2)CC1. The molecule has 1 aromatic heterocycles. The van der Waals surface area contributed by atoms with Crippen molar-refractivity contribution in [2.45, 2.75) is 12.8 Å². The zero-order valence-electron chi connectivity index (χ0n) is 13.1. The summed E-state index contributed by atoms with van der Waals surface area (Å²) in [7, 11) is 0. The van der Waals surface area contributed by atoms with Crippen molar-refractivity contribution in [3.05, 3.63) is 54.4 Å². The topological polar surface area (TPSA) is 56.7 Å². The number of para-hydroxylation sites is 1. The van der Waals surface area contributed by atoms with Crippen LogP contribution in [-0.2, 0) is 11.2 Å². The summed E-state index contributed by atoms with van der Waals surface area (Å²) < 4.78 is 0. The van der Waals surface area contributed by atoms with Gasteiger partial charge in [-0.3, -0.25) is 9.78 Å². The standard InChI is InChI=1S/C18H21N3O2/c22-17-11-15(13-19-14-17)12-18(23)21-8-4-7-20(9-10-21)16-5-2-1-3-6-16/h1-3,5-6,11,13-14,22H,4,7-10,12H2. The Kier molecular flexibility index (Phi) is 4.76. The lowest BCUT2D eigenvalue weighted by molar-refractivity contribution is -0.130. The van der Waals surface area contributed by atoms with Gasteiger partial charge in [0.2, 0.25) is 5.91 Å². The van der Waals surface area contributed by atoms with Gasteiger partial charge in [0.1, 0.15) is 5.75 Å². The summed E-state index contributed by atoms with van der Waals surface area (Å²) >= 11 is 0. The van der Waals surface area contributed by atoms with E-state index in [0.29, 0.717) is 0 Å². The van der Waals surface area contributed by atoms with Gasteiger partial charge in [0, 0.05) is 38.1 Å². The molecule has 2 aromatic rings. The minimum atomic E-state index is 0.0901. The second kappa shape index (κ2) is 7.13. The molecular weight excluding hydrogens is 290 g/mol. The van der Waals surface area contributed by atoms with Gasteiger partial charge in [-0.1, -0.05) is 18.2 Å². The molecule has 0 bridgehead atoms. The number of pyridine rings is 1. The molecule has 1 fully saturated rings. The van der Waals surface area contributed by atoms with Gasteiger partial charge in [0.05, 0.1) is 12.6 Å². The quantitative estimate of drug-likeness (QED) is 0.943. The van der Waals surface area contributed by atoms with E-state index in [1.165, 1.54) is 11.9 Å². The fourth-order valence-electron chi connectivity index (χ4n) is 2.92. The number of nitrogens with zero attached hydrogens (tertiary/aromatic N) is 3. The maximum absolute atomic E-state index is 12.5. The van der Waals surface area contributed by atoms with Crippen molar-refractivity contribution in [3.63, 3.8) is 0 Å². The Balaban J connectivity index is 1.60. The molecule has 1 saturated heterocycles. The molecule has 2 heterocycles. The highest BCUT2D eigenvalue weighted by molar-refractivity contribution is 5.79. The molecule has 1 aromatic carbocycles. The van der Waals surface area contributed by atoms with Crippen LogP contribution in [0.2, 0.25) is 0 Å². The number of benzene rings is 1. The lowest BCUT2D eigenvalue weighted by Gasteiger charge is -2.23. The summed E-state index contributed by atoms with van der Waals surface area (Å²) in [5.41, 5.74) is 1.96. The average Bonchev–Trinajstić information content (AvgIpc) is 2.82. The van der Waals surface area contributed by atoms with Gasteiger partial charge < -0.3 is 14.9 Å². The number of hydrogen-bond donors (Lipinski definition) is 1. The van der Waals surface area contributed by atoms with Crippen LogP contribution >= 0.6 is 0 Å². The molecular formula is C18H21N3O2. The zero-order valence-corrected chi connectivity index (χ0v) is 13.1. The van der Waals surface area contributed by atoms with Crippen molar-refractivity contribution >= 4 is 11.6 Å². The van der Waals surface area contributed by atoms with Gasteiger partial charge in [0.25, 0.3) is 0 Å². The summed E-state index contributed by atoms with van der Waals surface area (Å²) in [5, 5.41) is 9.45. The van der Waals surface area contributed by atoms with Crippen LogP contribution in [0.25, 0.3) is 0 Å². The summed E-state index contributed by atoms with van der Waals surface area (Å²) in [5.74, 6) is 0.189. The monoisotopic (exact) mass is 311 g/mol. The molecule has 0 atom stereocenters. The summed E-state index contributed by atoms with van der Waals surface area (Å²) in [6.45, 7) is 3.30. The van der Waals surface area contributed by atoms with Crippen LogP contribution in [0.15, 0.2) is 48.8 Å². The number of carbonyl (C=O) groups excluding carboxylic acids is 1. The number of amides is 1. The van der Waals surface area contributed by atoms with Gasteiger partial charge in [-0.2, -0.15) is 0 Å². The summed E-state index contributed by atoms with van der Waals surface area (Å²) in [4.78, 5) is 20.6. The first-order valence-electron chi connectivity index (χ1n) is 7.93. The molecule has 1 aliphatic heterocycles. The second-order valence-electron chi connectivity index (χ2n) is 5.79. The Morgan fingerprint density at radius 2 is 1.91 bits per heavy atom. The van der Waals surface area contributed by atoms with E-state index in [1.807, 2.05) is 23.1 Å². The van der Waals surface area contributed by atoms with Crippen LogP contribution in [0.4, 0.5) is 5.69 Å². The van der Waals surface area contributed by atoms with E-state index in [2.05, 4.69) is 22.0 Å². The molecule has 0 aliphatic carbocycles. The van der Waals surface area contributed by atoms with Crippen LogP contribution < -0.4 is 4.90 Å². The minimum Gasteiger partial charge on any atom is -0.506 e. The molecule has 1 amide bonds.